The number of nitriles is 1. The molecule has 24 heteroatoms. The summed E-state index contributed by atoms with van der Waals surface area (Å²) in [6.45, 7) is 5.10. The number of carbonyl (C=O) groups is 3. The quantitative estimate of drug-likeness (QED) is 0.109. The maximum atomic E-state index is 14.0. The highest BCUT2D eigenvalue weighted by molar-refractivity contribution is 5.97. The van der Waals surface area contributed by atoms with Crippen LogP contribution in [0.4, 0.5) is 17.6 Å². The molecule has 7 aliphatic rings. The fourth-order valence-corrected chi connectivity index (χ4v) is 15.7. The summed E-state index contributed by atoms with van der Waals surface area (Å²) < 4.78 is 103. The SMILES string of the molecule is CCCCc1nc2cc(C(=O)N3CCC4(CC3)Oc3ccccc3-n3c(C(F)(F)F)ccc34)ccc2o1.COc1cc(C(=O)N2CCC3(CC2)Oc2cc(F)ccc2-n2cccc23)ccc1OC1CCC(O)C1.N#Cc1ccc2n1-c1ccccc1OC21CCN(C(=O)c2ccc(OCCO)cc2)CC1.[HH].[HH]. The number of benzene rings is 6. The number of aliphatic hydroxyl groups is 2. The third-order valence-electron chi connectivity index (χ3n) is 21.1. The minimum Gasteiger partial charge on any atom is -0.493 e. The van der Waals surface area contributed by atoms with Crippen molar-refractivity contribution in [2.75, 3.05) is 59.6 Å². The molecule has 105 heavy (non-hydrogen) atoms. The number of hydrogen-bond donors (Lipinski definition) is 2. The lowest BCUT2D eigenvalue weighted by molar-refractivity contribution is -0.143. The molecule has 2 unspecified atom stereocenters. The molecule has 3 saturated heterocycles. The van der Waals surface area contributed by atoms with Crippen LogP contribution in [0.1, 0.15) is 146 Å². The van der Waals surface area contributed by atoms with Crippen LogP contribution in [0.2, 0.25) is 0 Å². The van der Waals surface area contributed by atoms with Gasteiger partial charge in [-0.05, 0) is 153 Å². The number of piperidine rings is 3. The molecule has 2 N–H and O–H groups in total. The molecule has 10 heterocycles. The van der Waals surface area contributed by atoms with E-state index in [2.05, 4.69) is 22.5 Å². The summed E-state index contributed by atoms with van der Waals surface area (Å²) in [7, 11) is 1.56. The molecule has 17 rings (SSSR count). The molecular formula is C81H82F4N8O12. The van der Waals surface area contributed by atoms with Gasteiger partial charge in [0.25, 0.3) is 17.7 Å². The van der Waals surface area contributed by atoms with Crippen molar-refractivity contribution in [1.82, 2.24) is 33.4 Å². The maximum absolute atomic E-state index is 14.0. The van der Waals surface area contributed by atoms with Gasteiger partial charge in [0.2, 0.25) is 0 Å². The van der Waals surface area contributed by atoms with Gasteiger partial charge in [-0.1, -0.05) is 37.6 Å². The molecule has 2 atom stereocenters. The highest BCUT2D eigenvalue weighted by Crippen LogP contribution is 2.51. The number of rotatable bonds is 12. The van der Waals surface area contributed by atoms with E-state index in [1.807, 2.05) is 69.1 Å². The Bertz CT molecular complexity index is 4950. The zero-order valence-corrected chi connectivity index (χ0v) is 58.0. The van der Waals surface area contributed by atoms with Crippen LogP contribution in [-0.4, -0.2) is 133 Å². The van der Waals surface area contributed by atoms with E-state index in [0.717, 1.165) is 66.7 Å². The van der Waals surface area contributed by atoms with Gasteiger partial charge < -0.3 is 66.9 Å². The smallest absolute Gasteiger partial charge is 0.431 e. The lowest BCUT2D eigenvalue weighted by Crippen LogP contribution is -2.50. The number of likely N-dealkylation sites (tertiary alicyclic amines) is 3. The number of aromatic nitrogens is 4. The van der Waals surface area contributed by atoms with E-state index in [-0.39, 0.29) is 51.8 Å². The molecule has 3 amide bonds. The van der Waals surface area contributed by atoms with Gasteiger partial charge in [0, 0.05) is 122 Å². The van der Waals surface area contributed by atoms with E-state index >= 15 is 0 Å². The summed E-state index contributed by atoms with van der Waals surface area (Å²) in [5, 5.41) is 28.3. The van der Waals surface area contributed by atoms with Crippen LogP contribution in [0.3, 0.4) is 0 Å². The number of halogens is 4. The van der Waals surface area contributed by atoms with E-state index in [1.54, 1.807) is 103 Å². The zero-order valence-electron chi connectivity index (χ0n) is 58.0. The van der Waals surface area contributed by atoms with Gasteiger partial charge in [-0.25, -0.2) is 9.37 Å². The molecule has 6 aromatic carbocycles. The molecule has 20 nitrogen and oxygen atoms in total. The van der Waals surface area contributed by atoms with Crippen LogP contribution in [0.15, 0.2) is 174 Å². The van der Waals surface area contributed by atoms with E-state index in [1.165, 1.54) is 22.8 Å². The number of ether oxygens (including phenoxy) is 6. The molecule has 3 spiro atoms. The first-order valence-corrected chi connectivity index (χ1v) is 35.7. The molecular weight excluding hydrogens is 1350 g/mol. The van der Waals surface area contributed by atoms with Crippen molar-refractivity contribution < 1.29 is 77.8 Å². The van der Waals surface area contributed by atoms with Crippen molar-refractivity contribution in [1.29, 1.82) is 5.26 Å². The summed E-state index contributed by atoms with van der Waals surface area (Å²) in [6, 6.07) is 49.3. The summed E-state index contributed by atoms with van der Waals surface area (Å²) in [6.07, 6.45) is 5.21. The standard InChI is InChI=1S/C28H26F3N3O3.C28H29FN2O5.C25H23N3O4.2H2/c1-2-3-8-25-32-19-17-18(9-10-21(19)36-25)26(35)33-15-13-27(14-16-33)23-11-12-24(28(29,30)31)34(23)20-6-4-5-7-22(20)37-27;1-34-25-15-18(4-9-23(25)35-21-7-6-20(32)17-21)27(33)30-13-10-28(11-14-30)26-3-2-12-31(26)22-8-5-19(29)16-24(22)36-28;26-17-19-7-10-23-25(32-22-4-2-1-3-21(22)28(19)23)11-13-27(14-12-25)24(30)18-5-8-20(9-6-18)31-16-15-29;;/h4-7,9-12,17H,2-3,8,13-16H2,1H3;2-5,8-9,12,15-16,20-21,32H,6-7,10-11,13-14,17H2,1H3;1-10,29H,11-16H2;2*1H. The highest BCUT2D eigenvalue weighted by atomic mass is 19.4. The van der Waals surface area contributed by atoms with Crippen LogP contribution in [-0.2, 0) is 29.4 Å². The molecule has 1 saturated carbocycles. The number of carbonyl (C=O) groups excluding carboxylic acids is 3. The molecule has 1 aliphatic carbocycles. The third-order valence-corrected chi connectivity index (χ3v) is 21.1. The van der Waals surface area contributed by atoms with Gasteiger partial charge in [0.05, 0.1) is 54.0 Å². The number of aliphatic hydroxyl groups excluding tert-OH is 2. The molecule has 6 aliphatic heterocycles. The average Bonchev–Trinajstić information content (AvgIpc) is 1.66. The molecule has 10 aromatic rings. The second-order valence-corrected chi connectivity index (χ2v) is 27.5. The van der Waals surface area contributed by atoms with Crippen molar-refractivity contribution in [3.63, 3.8) is 0 Å². The molecule has 0 bridgehead atoms. The first-order chi connectivity index (χ1) is 50.9. The lowest BCUT2D eigenvalue weighted by atomic mass is 9.86. The number of nitrogens with zero attached hydrogens (tertiary/aromatic N) is 8. The summed E-state index contributed by atoms with van der Waals surface area (Å²) >= 11 is 0. The van der Waals surface area contributed by atoms with Crippen LogP contribution >= 0.6 is 0 Å². The van der Waals surface area contributed by atoms with Crippen molar-refractivity contribution in [2.24, 2.45) is 0 Å². The maximum Gasteiger partial charge on any atom is 0.431 e. The number of unbranched alkanes of at least 4 members (excludes halogenated alkanes) is 1. The molecule has 4 fully saturated rings. The first-order valence-electron chi connectivity index (χ1n) is 35.7. The van der Waals surface area contributed by atoms with E-state index in [9.17, 15) is 42.3 Å². The minimum absolute atomic E-state index is 0. The zero-order chi connectivity index (χ0) is 72.8. The van der Waals surface area contributed by atoms with E-state index in [4.69, 9.17) is 37.9 Å². The fourth-order valence-electron chi connectivity index (χ4n) is 15.7. The number of hydrogen-bond acceptors (Lipinski definition) is 14. The predicted molar refractivity (Wildman–Crippen MR) is 382 cm³/mol. The van der Waals surface area contributed by atoms with Crippen LogP contribution in [0, 0.1) is 17.1 Å². The molecule has 0 radical (unpaired) electrons. The summed E-state index contributed by atoms with van der Waals surface area (Å²) in [5.41, 5.74) is 5.19. The van der Waals surface area contributed by atoms with E-state index in [0.29, 0.717) is 164 Å². The molecule has 546 valence electrons. The minimum atomic E-state index is -4.50. The number of fused-ring (bicyclic) bond motifs is 13. The Morgan fingerprint density at radius 2 is 1.22 bits per heavy atom. The normalized spacial score (nSPS) is 18.2. The Labute approximate surface area is 606 Å². The number of aryl methyl sites for hydroxylation is 1. The Morgan fingerprint density at radius 3 is 1.83 bits per heavy atom. The largest absolute Gasteiger partial charge is 0.493 e. The third kappa shape index (κ3) is 13.4. The van der Waals surface area contributed by atoms with Crippen molar-refractivity contribution in [3.8, 4) is 57.6 Å². The summed E-state index contributed by atoms with van der Waals surface area (Å²) in [4.78, 5) is 49.7. The number of oxazole rings is 1. The Kier molecular flexibility index (Phi) is 18.9. The number of amides is 3. The van der Waals surface area contributed by atoms with Gasteiger partial charge in [-0.15, -0.1) is 0 Å². The van der Waals surface area contributed by atoms with Crippen molar-refractivity contribution >= 4 is 28.8 Å². The van der Waals surface area contributed by atoms with Crippen molar-refractivity contribution in [3.05, 3.63) is 227 Å². The predicted octanol–water partition coefficient (Wildman–Crippen LogP) is 14.7. The monoisotopic (exact) mass is 1430 g/mol. The van der Waals surface area contributed by atoms with Crippen molar-refractivity contribution in [2.45, 2.75) is 119 Å². The number of para-hydroxylation sites is 4. The Balaban J connectivity index is 0.000000141. The van der Waals surface area contributed by atoms with Crippen LogP contribution in [0.25, 0.3) is 28.2 Å². The van der Waals surface area contributed by atoms with E-state index < -0.39 is 28.7 Å². The van der Waals surface area contributed by atoms with Gasteiger partial charge in [-0.2, -0.15) is 18.4 Å². The van der Waals surface area contributed by atoms with Gasteiger partial charge in [0.1, 0.15) is 64.5 Å². The average molecular weight is 1440 g/mol. The van der Waals surface area contributed by atoms with Gasteiger partial charge >= 0.3 is 6.18 Å². The topological polar surface area (TPSA) is 221 Å². The lowest BCUT2D eigenvalue weighted by Gasteiger charge is -2.45. The Morgan fingerprint density at radius 1 is 0.638 bits per heavy atom. The number of methoxy groups -OCH3 is 1. The van der Waals surface area contributed by atoms with Gasteiger partial charge in [0.15, 0.2) is 39.8 Å². The Hall–Kier alpha value is -11.0. The first kappa shape index (κ1) is 69.7. The molecule has 4 aromatic heterocycles. The second-order valence-electron chi connectivity index (χ2n) is 27.5. The summed E-state index contributed by atoms with van der Waals surface area (Å²) in [5.74, 6) is 3.47. The van der Waals surface area contributed by atoms with Crippen LogP contribution < -0.4 is 28.4 Å². The van der Waals surface area contributed by atoms with Crippen LogP contribution in [0.5, 0.6) is 34.5 Å². The van der Waals surface area contributed by atoms with Gasteiger partial charge in [-0.3, -0.25) is 19.0 Å². The fraction of sp³-hybridized carbons (Fsp3) is 0.346. The highest BCUT2D eigenvalue weighted by Gasteiger charge is 2.50. The second kappa shape index (κ2) is 28.5. The number of alkyl halides is 3.